The van der Waals surface area contributed by atoms with Crippen molar-refractivity contribution in [3.8, 4) is 0 Å². The van der Waals surface area contributed by atoms with Gasteiger partial charge < -0.3 is 10.7 Å². The Morgan fingerprint density at radius 1 is 1.53 bits per heavy atom. The van der Waals surface area contributed by atoms with Crippen LogP contribution in [0.25, 0.3) is 11.0 Å². The Hall–Kier alpha value is -2.24. The molecule has 0 aliphatic carbocycles. The number of fused-ring (bicyclic) bond motifs is 1. The molecule has 2 rings (SSSR count). The molecule has 0 saturated heterocycles. The molecular formula is C9H8N4O2. The molecule has 3 N–H and O–H groups in total. The third kappa shape index (κ3) is 1.56. The highest BCUT2D eigenvalue weighted by Crippen LogP contribution is 2.08. The Labute approximate surface area is 84.2 Å². The first kappa shape index (κ1) is 9.32. The predicted molar refractivity (Wildman–Crippen MR) is 54.6 cm³/mol. The van der Waals surface area contributed by atoms with Gasteiger partial charge in [-0.25, -0.2) is 4.98 Å². The lowest BCUT2D eigenvalue weighted by Crippen LogP contribution is -2.16. The molecule has 0 aliphatic rings. The van der Waals surface area contributed by atoms with E-state index in [4.69, 9.17) is 5.73 Å². The van der Waals surface area contributed by atoms with E-state index >= 15 is 0 Å². The van der Waals surface area contributed by atoms with Gasteiger partial charge in [-0.2, -0.15) is 4.98 Å². The van der Waals surface area contributed by atoms with E-state index in [1.807, 2.05) is 0 Å². The van der Waals surface area contributed by atoms with Gasteiger partial charge in [-0.1, -0.05) is 0 Å². The van der Waals surface area contributed by atoms with E-state index in [-0.39, 0.29) is 17.3 Å². The monoisotopic (exact) mass is 204 g/mol. The highest BCUT2D eigenvalue weighted by atomic mass is 16.1. The van der Waals surface area contributed by atoms with Crippen molar-refractivity contribution < 1.29 is 4.79 Å². The maximum absolute atomic E-state index is 11.4. The molecule has 0 fully saturated rings. The lowest BCUT2D eigenvalue weighted by molar-refractivity contribution is 0.101. The van der Waals surface area contributed by atoms with Crippen molar-refractivity contribution in [1.29, 1.82) is 0 Å². The molecule has 0 atom stereocenters. The molecule has 6 nitrogen and oxygen atoms in total. The minimum absolute atomic E-state index is 0.0775. The van der Waals surface area contributed by atoms with E-state index in [1.54, 1.807) is 0 Å². The van der Waals surface area contributed by atoms with Crippen molar-refractivity contribution in [2.75, 3.05) is 5.73 Å². The molecule has 0 aliphatic heterocycles. The molecular weight excluding hydrogens is 196 g/mol. The number of nitrogens with zero attached hydrogens (tertiary/aromatic N) is 2. The Bertz CT molecular complexity index is 603. The molecule has 0 spiro atoms. The number of H-pyrrole nitrogens is 1. The third-order valence-electron chi connectivity index (χ3n) is 1.99. The zero-order valence-electron chi connectivity index (χ0n) is 7.94. The number of aromatic nitrogens is 3. The van der Waals surface area contributed by atoms with Crippen molar-refractivity contribution in [2.45, 2.75) is 6.92 Å². The van der Waals surface area contributed by atoms with Gasteiger partial charge >= 0.3 is 0 Å². The zero-order chi connectivity index (χ0) is 11.0. The minimum Gasteiger partial charge on any atom is -0.368 e. The number of hydrogen-bond donors (Lipinski definition) is 2. The molecule has 0 saturated carbocycles. The zero-order valence-corrected chi connectivity index (χ0v) is 7.94. The molecule has 2 aromatic rings. The summed E-state index contributed by atoms with van der Waals surface area (Å²) < 4.78 is 0. The summed E-state index contributed by atoms with van der Waals surface area (Å²) in [6.07, 6.45) is 1.46. The van der Waals surface area contributed by atoms with Crippen LogP contribution in [0.15, 0.2) is 17.1 Å². The van der Waals surface area contributed by atoms with Gasteiger partial charge in [0, 0.05) is 11.6 Å². The first-order chi connectivity index (χ1) is 7.08. The summed E-state index contributed by atoms with van der Waals surface area (Å²) in [6.45, 7) is 1.33. The van der Waals surface area contributed by atoms with E-state index < -0.39 is 5.56 Å². The first-order valence-electron chi connectivity index (χ1n) is 4.24. The van der Waals surface area contributed by atoms with E-state index in [1.165, 1.54) is 19.2 Å². The number of carbonyl (C=O) groups excluding carboxylic acids is 1. The predicted octanol–water partition coefficient (Wildman–Crippen LogP) is 0.103. The summed E-state index contributed by atoms with van der Waals surface area (Å²) >= 11 is 0. The van der Waals surface area contributed by atoms with Gasteiger partial charge in [0.05, 0.1) is 5.56 Å². The Morgan fingerprint density at radius 3 is 2.93 bits per heavy atom. The number of carbonyl (C=O) groups is 1. The van der Waals surface area contributed by atoms with Gasteiger partial charge in [0.1, 0.15) is 5.65 Å². The van der Waals surface area contributed by atoms with Gasteiger partial charge in [0.2, 0.25) is 5.95 Å². The maximum atomic E-state index is 11.4. The second-order valence-corrected chi connectivity index (χ2v) is 3.10. The number of nitrogen functional groups attached to an aromatic ring is 1. The summed E-state index contributed by atoms with van der Waals surface area (Å²) in [7, 11) is 0. The van der Waals surface area contributed by atoms with Crippen molar-refractivity contribution in [3.63, 3.8) is 0 Å². The van der Waals surface area contributed by atoms with Crippen LogP contribution in [0.3, 0.4) is 0 Å². The van der Waals surface area contributed by atoms with Gasteiger partial charge in [0.15, 0.2) is 5.78 Å². The quantitative estimate of drug-likeness (QED) is 0.641. The number of hydrogen-bond acceptors (Lipinski definition) is 5. The maximum Gasteiger partial charge on any atom is 0.260 e. The van der Waals surface area contributed by atoms with Crippen LogP contribution in [0.1, 0.15) is 17.3 Å². The van der Waals surface area contributed by atoms with Crippen LogP contribution < -0.4 is 11.3 Å². The Kier molecular flexibility index (Phi) is 1.96. The van der Waals surface area contributed by atoms with Crippen LogP contribution >= 0.6 is 0 Å². The van der Waals surface area contributed by atoms with Gasteiger partial charge in [-0.15, -0.1) is 0 Å². The largest absolute Gasteiger partial charge is 0.368 e. The summed E-state index contributed by atoms with van der Waals surface area (Å²) in [4.78, 5) is 32.6. The SMILES string of the molecule is CC(=O)c1cc2cnc(N)nc2[nH]c1=O. The second kappa shape index (κ2) is 3.16. The minimum atomic E-state index is -0.465. The third-order valence-corrected chi connectivity index (χ3v) is 1.99. The number of aromatic amines is 1. The fourth-order valence-corrected chi connectivity index (χ4v) is 1.27. The standard InChI is InChI=1S/C9H8N4O2/c1-4(14)6-2-5-3-11-9(10)13-7(5)12-8(6)15/h2-3H,1H3,(H3,10,11,12,13,15). The highest BCUT2D eigenvalue weighted by Gasteiger charge is 2.07. The molecule has 0 aromatic carbocycles. The first-order valence-corrected chi connectivity index (χ1v) is 4.24. The van der Waals surface area contributed by atoms with E-state index in [2.05, 4.69) is 15.0 Å². The van der Waals surface area contributed by atoms with Crippen molar-refractivity contribution in [3.05, 3.63) is 28.2 Å². The lowest BCUT2D eigenvalue weighted by Gasteiger charge is -1.99. The molecule has 2 aromatic heterocycles. The van der Waals surface area contributed by atoms with Gasteiger partial charge in [-0.3, -0.25) is 9.59 Å². The van der Waals surface area contributed by atoms with Crippen LogP contribution in [0.4, 0.5) is 5.95 Å². The Balaban J connectivity index is 2.82. The van der Waals surface area contributed by atoms with Crippen LogP contribution in [-0.2, 0) is 0 Å². The van der Waals surface area contributed by atoms with Crippen molar-refractivity contribution in [2.24, 2.45) is 0 Å². The average Bonchev–Trinajstić information content (AvgIpc) is 2.15. The number of rotatable bonds is 1. The van der Waals surface area contributed by atoms with Crippen LogP contribution in [0.2, 0.25) is 0 Å². The molecule has 0 amide bonds. The average molecular weight is 204 g/mol. The molecule has 15 heavy (non-hydrogen) atoms. The molecule has 0 bridgehead atoms. The second-order valence-electron chi connectivity index (χ2n) is 3.10. The molecule has 2 heterocycles. The van der Waals surface area contributed by atoms with Crippen molar-refractivity contribution in [1.82, 2.24) is 15.0 Å². The molecule has 76 valence electrons. The van der Waals surface area contributed by atoms with Crippen molar-refractivity contribution >= 4 is 22.8 Å². The van der Waals surface area contributed by atoms with Crippen LogP contribution in [0, 0.1) is 0 Å². The fraction of sp³-hybridized carbons (Fsp3) is 0.111. The summed E-state index contributed by atoms with van der Waals surface area (Å²) in [5.41, 5.74) is 5.32. The molecule has 0 radical (unpaired) electrons. The highest BCUT2D eigenvalue weighted by molar-refractivity contribution is 5.96. The smallest absolute Gasteiger partial charge is 0.260 e. The fourth-order valence-electron chi connectivity index (χ4n) is 1.27. The topological polar surface area (TPSA) is 102 Å². The number of pyridine rings is 1. The van der Waals surface area contributed by atoms with E-state index in [0.717, 1.165) is 0 Å². The van der Waals surface area contributed by atoms with E-state index in [9.17, 15) is 9.59 Å². The number of nitrogens with two attached hydrogens (primary N) is 1. The Morgan fingerprint density at radius 2 is 2.27 bits per heavy atom. The normalized spacial score (nSPS) is 10.5. The van der Waals surface area contributed by atoms with Crippen LogP contribution in [-0.4, -0.2) is 20.7 Å². The van der Waals surface area contributed by atoms with E-state index in [0.29, 0.717) is 11.0 Å². The summed E-state index contributed by atoms with van der Waals surface area (Å²) in [6, 6.07) is 1.45. The lowest BCUT2D eigenvalue weighted by atomic mass is 10.2. The van der Waals surface area contributed by atoms with Crippen LogP contribution in [0.5, 0.6) is 0 Å². The number of ketones is 1. The van der Waals surface area contributed by atoms with Gasteiger partial charge in [0.25, 0.3) is 5.56 Å². The number of nitrogens with one attached hydrogen (secondary N) is 1. The van der Waals surface area contributed by atoms with Gasteiger partial charge in [-0.05, 0) is 13.0 Å². The number of Topliss-reactive ketones (excluding diaryl/α,β-unsaturated/α-hetero) is 1. The molecule has 0 unspecified atom stereocenters. The summed E-state index contributed by atoms with van der Waals surface area (Å²) in [5.74, 6) is -0.219. The summed E-state index contributed by atoms with van der Waals surface area (Å²) in [5, 5.41) is 0.578. The number of anilines is 1. The molecule has 6 heteroatoms.